The molecule has 0 atom stereocenters. The molecule has 0 spiro atoms. The maximum absolute atomic E-state index is 13.9. The van der Waals surface area contributed by atoms with Crippen molar-refractivity contribution in [3.05, 3.63) is 64.5 Å². The third-order valence-corrected chi connectivity index (χ3v) is 2.98. The summed E-state index contributed by atoms with van der Waals surface area (Å²) in [6, 6.07) is 5.62. The molecule has 0 fully saturated rings. The van der Waals surface area contributed by atoms with Crippen molar-refractivity contribution in [2.24, 2.45) is 0 Å². The molecule has 0 saturated heterocycles. The summed E-state index contributed by atoms with van der Waals surface area (Å²) in [7, 11) is 0. The fourth-order valence-electron chi connectivity index (χ4n) is 1.90. The van der Waals surface area contributed by atoms with Gasteiger partial charge in [-0.2, -0.15) is 0 Å². The first-order chi connectivity index (χ1) is 9.88. The Balaban J connectivity index is 2.15. The highest BCUT2D eigenvalue weighted by Crippen LogP contribution is 2.17. The summed E-state index contributed by atoms with van der Waals surface area (Å²) >= 11 is 0. The van der Waals surface area contributed by atoms with Gasteiger partial charge < -0.3 is 11.1 Å². The van der Waals surface area contributed by atoms with Crippen LogP contribution in [0.5, 0.6) is 0 Å². The van der Waals surface area contributed by atoms with E-state index in [-0.39, 0.29) is 28.9 Å². The van der Waals surface area contributed by atoms with Gasteiger partial charge in [-0.3, -0.25) is 4.79 Å². The second-order valence-electron chi connectivity index (χ2n) is 4.62. The molecule has 0 radical (unpaired) electrons. The molecule has 6 heteroatoms. The van der Waals surface area contributed by atoms with Gasteiger partial charge in [0.1, 0.15) is 17.5 Å². The van der Waals surface area contributed by atoms with E-state index in [1.54, 1.807) is 0 Å². The summed E-state index contributed by atoms with van der Waals surface area (Å²) in [6.45, 7) is 1.31. The number of benzene rings is 2. The SMILES string of the molecule is Cc1cc(N)cc(C(=O)NCc2ccc(F)cc2F)c1F. The van der Waals surface area contributed by atoms with Crippen LogP contribution in [0.25, 0.3) is 0 Å². The maximum Gasteiger partial charge on any atom is 0.254 e. The average Bonchev–Trinajstić information content (AvgIpc) is 2.41. The molecule has 0 bridgehead atoms. The van der Waals surface area contributed by atoms with Crippen molar-refractivity contribution in [1.82, 2.24) is 5.32 Å². The topological polar surface area (TPSA) is 55.1 Å². The molecule has 0 unspecified atom stereocenters. The van der Waals surface area contributed by atoms with E-state index in [0.29, 0.717) is 6.07 Å². The van der Waals surface area contributed by atoms with Gasteiger partial charge in [0.2, 0.25) is 0 Å². The standard InChI is InChI=1S/C15H13F3N2O/c1-8-4-11(19)6-12(14(8)18)15(21)20-7-9-2-3-10(16)5-13(9)17/h2-6H,7,19H2,1H3,(H,20,21). The molecular weight excluding hydrogens is 281 g/mol. The zero-order valence-corrected chi connectivity index (χ0v) is 11.2. The molecule has 21 heavy (non-hydrogen) atoms. The molecule has 2 rings (SSSR count). The van der Waals surface area contributed by atoms with Gasteiger partial charge >= 0.3 is 0 Å². The Morgan fingerprint density at radius 3 is 2.57 bits per heavy atom. The molecule has 0 aromatic heterocycles. The van der Waals surface area contributed by atoms with Crippen LogP contribution < -0.4 is 11.1 Å². The van der Waals surface area contributed by atoms with E-state index in [4.69, 9.17) is 5.73 Å². The lowest BCUT2D eigenvalue weighted by molar-refractivity contribution is 0.0946. The first-order valence-corrected chi connectivity index (χ1v) is 6.16. The van der Waals surface area contributed by atoms with Gasteiger partial charge in [-0.1, -0.05) is 6.07 Å². The molecule has 0 aliphatic heterocycles. The van der Waals surface area contributed by atoms with Crippen LogP contribution in [0.4, 0.5) is 18.9 Å². The number of hydrogen-bond acceptors (Lipinski definition) is 2. The van der Waals surface area contributed by atoms with E-state index in [0.717, 1.165) is 6.07 Å². The molecule has 3 N–H and O–H groups in total. The van der Waals surface area contributed by atoms with Crippen molar-refractivity contribution in [3.63, 3.8) is 0 Å². The molecule has 0 heterocycles. The third-order valence-electron chi connectivity index (χ3n) is 2.98. The number of anilines is 1. The summed E-state index contributed by atoms with van der Waals surface area (Å²) in [5.74, 6) is -2.88. The molecule has 3 nitrogen and oxygen atoms in total. The quantitative estimate of drug-likeness (QED) is 0.855. The van der Waals surface area contributed by atoms with Crippen molar-refractivity contribution in [2.75, 3.05) is 5.73 Å². The number of amides is 1. The minimum Gasteiger partial charge on any atom is -0.399 e. The van der Waals surface area contributed by atoms with E-state index < -0.39 is 23.4 Å². The van der Waals surface area contributed by atoms with Gasteiger partial charge in [-0.25, -0.2) is 13.2 Å². The number of carbonyl (C=O) groups excluding carboxylic acids is 1. The summed E-state index contributed by atoms with van der Waals surface area (Å²) in [5, 5.41) is 2.37. The van der Waals surface area contributed by atoms with Crippen molar-refractivity contribution in [3.8, 4) is 0 Å². The zero-order valence-electron chi connectivity index (χ0n) is 11.2. The van der Waals surface area contributed by atoms with Crippen molar-refractivity contribution in [1.29, 1.82) is 0 Å². The van der Waals surface area contributed by atoms with Crippen LogP contribution in [0, 0.1) is 24.4 Å². The summed E-state index contributed by atoms with van der Waals surface area (Å²) in [4.78, 5) is 11.9. The fraction of sp³-hybridized carbons (Fsp3) is 0.133. The van der Waals surface area contributed by atoms with E-state index >= 15 is 0 Å². The smallest absolute Gasteiger partial charge is 0.254 e. The normalized spacial score (nSPS) is 10.5. The van der Waals surface area contributed by atoms with E-state index in [2.05, 4.69) is 5.32 Å². The lowest BCUT2D eigenvalue weighted by atomic mass is 10.1. The van der Waals surface area contributed by atoms with E-state index in [9.17, 15) is 18.0 Å². The summed E-state index contributed by atoms with van der Waals surface area (Å²) in [6.07, 6.45) is 0. The monoisotopic (exact) mass is 294 g/mol. The molecular formula is C15H13F3N2O. The number of carbonyl (C=O) groups is 1. The molecule has 0 aliphatic rings. The summed E-state index contributed by atoms with van der Waals surface area (Å²) in [5.41, 5.74) is 5.96. The van der Waals surface area contributed by atoms with Gasteiger partial charge in [0.25, 0.3) is 5.91 Å². The highest BCUT2D eigenvalue weighted by molar-refractivity contribution is 5.95. The molecule has 0 aliphatic carbocycles. The predicted molar refractivity (Wildman–Crippen MR) is 73.1 cm³/mol. The van der Waals surface area contributed by atoms with Gasteiger partial charge in [0.05, 0.1) is 5.56 Å². The highest BCUT2D eigenvalue weighted by atomic mass is 19.1. The lowest BCUT2D eigenvalue weighted by Gasteiger charge is -2.09. The first-order valence-electron chi connectivity index (χ1n) is 6.16. The largest absolute Gasteiger partial charge is 0.399 e. The van der Waals surface area contributed by atoms with Gasteiger partial charge in [-0.15, -0.1) is 0 Å². The Bertz CT molecular complexity index is 702. The molecule has 0 saturated carbocycles. The number of hydrogen-bond donors (Lipinski definition) is 2. The zero-order chi connectivity index (χ0) is 15.6. The van der Waals surface area contributed by atoms with Crippen LogP contribution in [0.2, 0.25) is 0 Å². The van der Waals surface area contributed by atoms with Crippen molar-refractivity contribution >= 4 is 11.6 Å². The number of halogens is 3. The van der Waals surface area contributed by atoms with Gasteiger partial charge in [0.15, 0.2) is 0 Å². The van der Waals surface area contributed by atoms with Crippen LogP contribution >= 0.6 is 0 Å². The van der Waals surface area contributed by atoms with Crippen LogP contribution in [-0.4, -0.2) is 5.91 Å². The Morgan fingerprint density at radius 1 is 1.19 bits per heavy atom. The summed E-state index contributed by atoms with van der Waals surface area (Å²) < 4.78 is 40.0. The molecule has 2 aromatic rings. The molecule has 2 aromatic carbocycles. The maximum atomic E-state index is 13.9. The molecule has 1 amide bonds. The van der Waals surface area contributed by atoms with Gasteiger partial charge in [0, 0.05) is 23.9 Å². The van der Waals surface area contributed by atoms with Crippen LogP contribution in [0.1, 0.15) is 21.5 Å². The molecule has 110 valence electrons. The second-order valence-corrected chi connectivity index (χ2v) is 4.62. The lowest BCUT2D eigenvalue weighted by Crippen LogP contribution is -2.24. The van der Waals surface area contributed by atoms with E-state index in [1.165, 1.54) is 25.1 Å². The predicted octanol–water partition coefficient (Wildman–Crippen LogP) is 2.92. The number of nitrogens with one attached hydrogen (secondary N) is 1. The first kappa shape index (κ1) is 14.9. The van der Waals surface area contributed by atoms with Crippen LogP contribution in [-0.2, 0) is 6.54 Å². The number of nitrogens with two attached hydrogens (primary N) is 1. The Morgan fingerprint density at radius 2 is 1.90 bits per heavy atom. The number of nitrogen functional groups attached to an aromatic ring is 1. The number of aryl methyl sites for hydroxylation is 1. The van der Waals surface area contributed by atoms with Gasteiger partial charge in [-0.05, 0) is 30.7 Å². The number of rotatable bonds is 3. The highest BCUT2D eigenvalue weighted by Gasteiger charge is 2.15. The van der Waals surface area contributed by atoms with Crippen molar-refractivity contribution < 1.29 is 18.0 Å². The fourth-order valence-corrected chi connectivity index (χ4v) is 1.90. The third kappa shape index (κ3) is 3.34. The Labute approximate surface area is 119 Å². The second kappa shape index (κ2) is 5.87. The average molecular weight is 294 g/mol. The Kier molecular flexibility index (Phi) is 4.16. The minimum atomic E-state index is -0.778. The van der Waals surface area contributed by atoms with Crippen LogP contribution in [0.15, 0.2) is 30.3 Å². The van der Waals surface area contributed by atoms with Crippen molar-refractivity contribution in [2.45, 2.75) is 13.5 Å². The van der Waals surface area contributed by atoms with Crippen LogP contribution in [0.3, 0.4) is 0 Å². The Hall–Kier alpha value is -2.50. The minimum absolute atomic E-state index is 0.103. The van der Waals surface area contributed by atoms with E-state index in [1.807, 2.05) is 0 Å².